The third-order valence-electron chi connectivity index (χ3n) is 4.80. The zero-order valence-electron chi connectivity index (χ0n) is 15.6. The van der Waals surface area contributed by atoms with E-state index in [0.717, 1.165) is 33.8 Å². The van der Waals surface area contributed by atoms with Gasteiger partial charge in [-0.25, -0.2) is 0 Å². The number of hydrogen-bond donors (Lipinski definition) is 0. The fourth-order valence-electron chi connectivity index (χ4n) is 3.35. The number of nitro benzene ring substituents is 1. The van der Waals surface area contributed by atoms with Crippen LogP contribution in [-0.4, -0.2) is 32.1 Å². The maximum atomic E-state index is 12.4. The predicted molar refractivity (Wildman–Crippen MR) is 112 cm³/mol. The number of benzene rings is 2. The molecule has 2 aromatic carbocycles. The molecule has 0 atom stereocenters. The minimum atomic E-state index is -0.420. The number of amides is 2. The predicted octanol–water partition coefficient (Wildman–Crippen LogP) is 4.65. The number of aromatic nitrogens is 1. The molecule has 1 aliphatic heterocycles. The molecular formula is C21H17N3O4S. The van der Waals surface area contributed by atoms with Gasteiger partial charge in [0.25, 0.3) is 16.8 Å². The van der Waals surface area contributed by atoms with Gasteiger partial charge in [-0.2, -0.15) is 0 Å². The van der Waals surface area contributed by atoms with Crippen LogP contribution < -0.4 is 0 Å². The molecule has 2 heterocycles. The molecule has 0 N–H and O–H groups in total. The maximum Gasteiger partial charge on any atom is 0.293 e. The van der Waals surface area contributed by atoms with Gasteiger partial charge in [0, 0.05) is 47.9 Å². The van der Waals surface area contributed by atoms with Crippen molar-refractivity contribution < 1.29 is 14.5 Å². The Hall–Kier alpha value is -3.39. The van der Waals surface area contributed by atoms with Gasteiger partial charge in [-0.15, -0.1) is 0 Å². The topological polar surface area (TPSA) is 85.4 Å². The van der Waals surface area contributed by atoms with Crippen LogP contribution in [0.3, 0.4) is 0 Å². The number of nitro groups is 1. The average molecular weight is 407 g/mol. The summed E-state index contributed by atoms with van der Waals surface area (Å²) in [4.78, 5) is 36.5. The van der Waals surface area contributed by atoms with Crippen LogP contribution in [0.2, 0.25) is 0 Å². The van der Waals surface area contributed by atoms with E-state index in [9.17, 15) is 19.7 Å². The minimum absolute atomic E-state index is 0.0541. The van der Waals surface area contributed by atoms with Crippen LogP contribution in [0.1, 0.15) is 18.1 Å². The number of carbonyl (C=O) groups excluding carboxylic acids is 2. The van der Waals surface area contributed by atoms with Crippen molar-refractivity contribution in [2.24, 2.45) is 0 Å². The van der Waals surface area contributed by atoms with Gasteiger partial charge >= 0.3 is 0 Å². The summed E-state index contributed by atoms with van der Waals surface area (Å²) >= 11 is 0.953. The van der Waals surface area contributed by atoms with Gasteiger partial charge in [-0.05, 0) is 36.4 Å². The highest BCUT2D eigenvalue weighted by Crippen LogP contribution is 2.34. The van der Waals surface area contributed by atoms with Crippen LogP contribution in [-0.2, 0) is 11.3 Å². The Morgan fingerprint density at radius 3 is 2.48 bits per heavy atom. The van der Waals surface area contributed by atoms with Gasteiger partial charge in [-0.1, -0.05) is 30.3 Å². The lowest BCUT2D eigenvalue weighted by atomic mass is 10.1. The van der Waals surface area contributed by atoms with Crippen LogP contribution in [0.25, 0.3) is 17.0 Å². The van der Waals surface area contributed by atoms with Crippen LogP contribution in [0.15, 0.2) is 59.6 Å². The molecular weight excluding hydrogens is 390 g/mol. The first-order valence-corrected chi connectivity index (χ1v) is 9.86. The number of imide groups is 1. The number of carbonyl (C=O) groups is 2. The van der Waals surface area contributed by atoms with Crippen molar-refractivity contribution in [3.8, 4) is 0 Å². The third-order valence-corrected chi connectivity index (χ3v) is 5.70. The molecule has 3 aromatic rings. The molecule has 1 fully saturated rings. The summed E-state index contributed by atoms with van der Waals surface area (Å²) in [6.45, 7) is 2.65. The smallest absolute Gasteiger partial charge is 0.293 e. The quantitative estimate of drug-likeness (QED) is 0.349. The van der Waals surface area contributed by atoms with Crippen LogP contribution in [0.5, 0.6) is 0 Å². The summed E-state index contributed by atoms with van der Waals surface area (Å²) < 4.78 is 2.03. The first kappa shape index (κ1) is 18.9. The molecule has 4 rings (SSSR count). The van der Waals surface area contributed by atoms with Crippen molar-refractivity contribution in [2.45, 2.75) is 13.5 Å². The molecule has 29 heavy (non-hydrogen) atoms. The zero-order chi connectivity index (χ0) is 20.5. The second-order valence-corrected chi connectivity index (χ2v) is 7.57. The van der Waals surface area contributed by atoms with Gasteiger partial charge < -0.3 is 4.57 Å². The highest BCUT2D eigenvalue weighted by Gasteiger charge is 2.33. The van der Waals surface area contributed by atoms with E-state index >= 15 is 0 Å². The molecule has 0 radical (unpaired) electrons. The average Bonchev–Trinajstić information content (AvgIpc) is 3.19. The van der Waals surface area contributed by atoms with Crippen molar-refractivity contribution >= 4 is 45.6 Å². The summed E-state index contributed by atoms with van der Waals surface area (Å²) in [5, 5.41) is 11.6. The lowest BCUT2D eigenvalue weighted by Crippen LogP contribution is -2.27. The fourth-order valence-corrected chi connectivity index (χ4v) is 4.25. The molecule has 1 aromatic heterocycles. The molecule has 146 valence electrons. The summed E-state index contributed by atoms with van der Waals surface area (Å²) in [6, 6.07) is 14.3. The standard InChI is InChI=1S/C21H17N3O4S/c1-2-23-20(25)19(29-21(23)26)11-15-13-22(18-6-4-3-5-17(15)18)12-14-7-9-16(10-8-14)24(27)28/h3-11,13H,2,12H2,1H3. The Kier molecular flexibility index (Phi) is 4.94. The molecule has 0 bridgehead atoms. The Bertz CT molecular complexity index is 1160. The summed E-state index contributed by atoms with van der Waals surface area (Å²) in [5.74, 6) is -0.269. The molecule has 0 spiro atoms. The van der Waals surface area contributed by atoms with E-state index in [1.807, 2.05) is 35.0 Å². The normalized spacial score (nSPS) is 15.6. The van der Waals surface area contributed by atoms with E-state index in [1.54, 1.807) is 25.1 Å². The van der Waals surface area contributed by atoms with Crippen molar-refractivity contribution in [1.29, 1.82) is 0 Å². The molecule has 8 heteroatoms. The molecule has 1 saturated heterocycles. The highest BCUT2D eigenvalue weighted by atomic mass is 32.2. The SMILES string of the molecule is CCN1C(=O)SC(=Cc2cn(Cc3ccc([N+](=O)[O-])cc3)c3ccccc23)C1=O. The lowest BCUT2D eigenvalue weighted by molar-refractivity contribution is -0.384. The molecule has 0 unspecified atom stereocenters. The molecule has 1 aliphatic rings. The highest BCUT2D eigenvalue weighted by molar-refractivity contribution is 8.18. The van der Waals surface area contributed by atoms with E-state index < -0.39 is 4.92 Å². The number of non-ortho nitro benzene ring substituents is 1. The van der Waals surface area contributed by atoms with E-state index in [1.165, 1.54) is 17.0 Å². The lowest BCUT2D eigenvalue weighted by Gasteiger charge is -2.06. The fraction of sp³-hybridized carbons (Fsp3) is 0.143. The second kappa shape index (κ2) is 7.56. The summed E-state index contributed by atoms with van der Waals surface area (Å²) in [6.07, 6.45) is 3.70. The Labute approximate surface area is 170 Å². The van der Waals surface area contributed by atoms with Crippen molar-refractivity contribution in [3.05, 3.63) is 80.9 Å². The maximum absolute atomic E-state index is 12.4. The number of hydrogen-bond acceptors (Lipinski definition) is 5. The van der Waals surface area contributed by atoms with Gasteiger partial charge in [0.2, 0.25) is 0 Å². The molecule has 2 amide bonds. The van der Waals surface area contributed by atoms with Crippen LogP contribution in [0, 0.1) is 10.1 Å². The molecule has 0 saturated carbocycles. The number of fused-ring (bicyclic) bond motifs is 1. The van der Waals surface area contributed by atoms with E-state index in [-0.39, 0.29) is 16.8 Å². The van der Waals surface area contributed by atoms with Crippen molar-refractivity contribution in [2.75, 3.05) is 6.54 Å². The molecule has 0 aliphatic carbocycles. The Morgan fingerprint density at radius 1 is 1.10 bits per heavy atom. The van der Waals surface area contributed by atoms with Gasteiger partial charge in [-0.3, -0.25) is 24.6 Å². The van der Waals surface area contributed by atoms with Gasteiger partial charge in [0.1, 0.15) is 0 Å². The van der Waals surface area contributed by atoms with Crippen LogP contribution >= 0.6 is 11.8 Å². The van der Waals surface area contributed by atoms with E-state index in [4.69, 9.17) is 0 Å². The minimum Gasteiger partial charge on any atom is -0.342 e. The molecule has 7 nitrogen and oxygen atoms in total. The first-order chi connectivity index (χ1) is 14.0. The third kappa shape index (κ3) is 3.54. The number of para-hydroxylation sites is 1. The van der Waals surface area contributed by atoms with E-state index in [2.05, 4.69) is 0 Å². The summed E-state index contributed by atoms with van der Waals surface area (Å²) in [7, 11) is 0. The monoisotopic (exact) mass is 407 g/mol. The number of nitrogens with zero attached hydrogens (tertiary/aromatic N) is 3. The number of thioether (sulfide) groups is 1. The van der Waals surface area contributed by atoms with Crippen molar-refractivity contribution in [1.82, 2.24) is 9.47 Å². The second-order valence-electron chi connectivity index (χ2n) is 6.58. The van der Waals surface area contributed by atoms with Gasteiger partial charge in [0.05, 0.1) is 9.83 Å². The zero-order valence-corrected chi connectivity index (χ0v) is 16.4. The van der Waals surface area contributed by atoms with Gasteiger partial charge in [0.15, 0.2) is 0 Å². The Morgan fingerprint density at radius 2 is 1.83 bits per heavy atom. The number of likely N-dealkylation sites (N-methyl/N-ethyl adjacent to an activating group) is 1. The van der Waals surface area contributed by atoms with Crippen molar-refractivity contribution in [3.63, 3.8) is 0 Å². The first-order valence-electron chi connectivity index (χ1n) is 9.04. The van der Waals surface area contributed by atoms with E-state index in [0.29, 0.717) is 18.0 Å². The Balaban J connectivity index is 1.71. The summed E-state index contributed by atoms with van der Waals surface area (Å²) in [5.41, 5.74) is 2.81. The van der Waals surface area contributed by atoms with Crippen LogP contribution in [0.4, 0.5) is 10.5 Å². The largest absolute Gasteiger partial charge is 0.342 e. The number of rotatable bonds is 5.